The predicted molar refractivity (Wildman–Crippen MR) is 95.2 cm³/mol. The Labute approximate surface area is 151 Å². The van der Waals surface area contributed by atoms with E-state index in [0.717, 1.165) is 0 Å². The molecular weight excluding hydrogens is 362 g/mol. The summed E-state index contributed by atoms with van der Waals surface area (Å²) in [5.41, 5.74) is 5.30. The van der Waals surface area contributed by atoms with Crippen molar-refractivity contribution >= 4 is 27.4 Å². The molecule has 2 aromatic carbocycles. The average Bonchev–Trinajstić information content (AvgIpc) is 3.25. The second-order valence-electron chi connectivity index (χ2n) is 5.96. The fourth-order valence-electron chi connectivity index (χ4n) is 3.19. The second-order valence-corrected chi connectivity index (χ2v) is 8.47. The van der Waals surface area contributed by atoms with Gasteiger partial charge in [-0.05, 0) is 36.8 Å². The lowest BCUT2D eigenvalue weighted by molar-refractivity contribution is -0.145. The molecule has 0 heterocycles. The van der Waals surface area contributed by atoms with E-state index >= 15 is 0 Å². The monoisotopic (exact) mass is 379 g/mol. The summed E-state index contributed by atoms with van der Waals surface area (Å²) in [4.78, 5) is 12.6. The van der Waals surface area contributed by atoms with Crippen molar-refractivity contribution in [2.75, 3.05) is 6.61 Å². The average molecular weight is 380 g/mol. The molecule has 2 N–H and O–H groups in total. The number of carbonyl (C=O) groups excluding carboxylic acids is 1. The van der Waals surface area contributed by atoms with Crippen LogP contribution in [0.5, 0.6) is 0 Å². The van der Waals surface area contributed by atoms with Gasteiger partial charge in [0.05, 0.1) is 11.5 Å². The van der Waals surface area contributed by atoms with Gasteiger partial charge in [0.25, 0.3) is 0 Å². The molecule has 132 valence electrons. The van der Waals surface area contributed by atoms with Crippen molar-refractivity contribution in [2.24, 2.45) is 5.73 Å². The van der Waals surface area contributed by atoms with E-state index in [9.17, 15) is 13.2 Å². The Hall–Kier alpha value is -1.89. The minimum absolute atomic E-state index is 0.128. The summed E-state index contributed by atoms with van der Waals surface area (Å²) in [5.74, 6) is -1.39. The molecule has 25 heavy (non-hydrogen) atoms. The maximum absolute atomic E-state index is 13.1. The predicted octanol–water partition coefficient (Wildman–Crippen LogP) is 2.54. The summed E-state index contributed by atoms with van der Waals surface area (Å²) >= 11 is 5.90. The number of benzene rings is 2. The maximum atomic E-state index is 13.1. The first-order valence-corrected chi connectivity index (χ1v) is 9.76. The molecule has 1 fully saturated rings. The molecule has 5 nitrogen and oxygen atoms in total. The van der Waals surface area contributed by atoms with E-state index in [4.69, 9.17) is 22.1 Å². The number of ether oxygens (including phenoxy) is 1. The number of sulfone groups is 1. The molecule has 3 rings (SSSR count). The quantitative estimate of drug-likeness (QED) is 0.807. The molecule has 3 atom stereocenters. The number of hydrogen-bond donors (Lipinski definition) is 1. The molecule has 0 saturated heterocycles. The molecule has 0 bridgehead atoms. The van der Waals surface area contributed by atoms with Gasteiger partial charge in [0, 0.05) is 10.9 Å². The summed E-state index contributed by atoms with van der Waals surface area (Å²) in [6.07, 6.45) is 0. The number of halogens is 1. The topological polar surface area (TPSA) is 86.5 Å². The van der Waals surface area contributed by atoms with Crippen molar-refractivity contribution in [1.29, 1.82) is 0 Å². The summed E-state index contributed by atoms with van der Waals surface area (Å²) < 4.78 is 31.2. The molecule has 0 spiro atoms. The molecular formula is C18H18ClNO4S. The fourth-order valence-corrected chi connectivity index (χ4v) is 5.56. The summed E-state index contributed by atoms with van der Waals surface area (Å²) in [6.45, 7) is 1.78. The van der Waals surface area contributed by atoms with Crippen LogP contribution < -0.4 is 5.73 Å². The van der Waals surface area contributed by atoms with E-state index in [1.165, 1.54) is 12.1 Å². The molecule has 0 aromatic heterocycles. The zero-order valence-electron chi connectivity index (χ0n) is 13.6. The van der Waals surface area contributed by atoms with Gasteiger partial charge < -0.3 is 10.5 Å². The summed E-state index contributed by atoms with van der Waals surface area (Å²) in [7, 11) is -3.80. The van der Waals surface area contributed by atoms with Crippen LogP contribution in [0.3, 0.4) is 0 Å². The van der Waals surface area contributed by atoms with Crippen molar-refractivity contribution in [2.45, 2.75) is 28.5 Å². The van der Waals surface area contributed by atoms with Crippen molar-refractivity contribution < 1.29 is 17.9 Å². The van der Waals surface area contributed by atoms with Gasteiger partial charge in [-0.15, -0.1) is 0 Å². The highest BCUT2D eigenvalue weighted by atomic mass is 35.5. The standard InChI is InChI=1S/C18H18ClNO4S/c1-2-24-17(21)18(20)15(12-8-10-13(19)11-9-12)16(18)25(22,23)14-6-4-3-5-7-14/h3-11,15-16H,2,20H2,1H3/t15-,16-,18+/m0/s1. The Morgan fingerprint density at radius 1 is 1.16 bits per heavy atom. The van der Waals surface area contributed by atoms with Gasteiger partial charge in [-0.3, -0.25) is 0 Å². The highest BCUT2D eigenvalue weighted by Gasteiger charge is 2.74. The smallest absolute Gasteiger partial charge is 0.328 e. The Balaban J connectivity index is 2.06. The summed E-state index contributed by atoms with van der Waals surface area (Å²) in [5, 5.41) is -0.562. The molecule has 1 saturated carbocycles. The van der Waals surface area contributed by atoms with Crippen molar-refractivity contribution in [3.63, 3.8) is 0 Å². The zero-order chi connectivity index (χ0) is 18.2. The van der Waals surface area contributed by atoms with Gasteiger partial charge in [-0.2, -0.15) is 0 Å². The van der Waals surface area contributed by atoms with E-state index in [1.807, 2.05) is 0 Å². The Morgan fingerprint density at radius 2 is 1.76 bits per heavy atom. The van der Waals surface area contributed by atoms with E-state index < -0.39 is 32.5 Å². The van der Waals surface area contributed by atoms with Gasteiger partial charge in [-0.25, -0.2) is 13.2 Å². The zero-order valence-corrected chi connectivity index (χ0v) is 15.1. The van der Waals surface area contributed by atoms with Crippen LogP contribution in [-0.4, -0.2) is 31.8 Å². The normalized spacial score (nSPS) is 25.4. The van der Waals surface area contributed by atoms with E-state index in [1.54, 1.807) is 49.4 Å². The van der Waals surface area contributed by atoms with Gasteiger partial charge >= 0.3 is 5.97 Å². The van der Waals surface area contributed by atoms with Crippen molar-refractivity contribution in [1.82, 2.24) is 0 Å². The first-order valence-electron chi connectivity index (χ1n) is 7.84. The third-order valence-corrected chi connectivity index (χ3v) is 6.96. The molecule has 7 heteroatoms. The van der Waals surface area contributed by atoms with Crippen LogP contribution in [0.1, 0.15) is 18.4 Å². The van der Waals surface area contributed by atoms with Crippen molar-refractivity contribution in [3.8, 4) is 0 Å². The van der Waals surface area contributed by atoms with Crippen LogP contribution in [0.25, 0.3) is 0 Å². The SMILES string of the molecule is CCOC(=O)[C@@]1(N)[C@@H](c2ccc(Cl)cc2)[C@@H]1S(=O)(=O)c1ccccc1. The molecule has 0 amide bonds. The molecule has 0 aliphatic heterocycles. The van der Waals surface area contributed by atoms with Crippen LogP contribution in [0, 0.1) is 0 Å². The lowest BCUT2D eigenvalue weighted by Crippen LogP contribution is -2.41. The molecule has 1 aliphatic carbocycles. The number of hydrogen-bond acceptors (Lipinski definition) is 5. The van der Waals surface area contributed by atoms with Crippen LogP contribution in [0.2, 0.25) is 5.02 Å². The van der Waals surface area contributed by atoms with Crippen LogP contribution in [0.4, 0.5) is 0 Å². The Kier molecular flexibility index (Phi) is 4.62. The lowest BCUT2D eigenvalue weighted by atomic mass is 10.1. The largest absolute Gasteiger partial charge is 0.465 e. The Bertz CT molecular complexity index is 883. The minimum atomic E-state index is -3.80. The van der Waals surface area contributed by atoms with Gasteiger partial charge in [-0.1, -0.05) is 41.9 Å². The Morgan fingerprint density at radius 3 is 2.32 bits per heavy atom. The first kappa shape index (κ1) is 17.9. The van der Waals surface area contributed by atoms with Gasteiger partial charge in [0.2, 0.25) is 0 Å². The van der Waals surface area contributed by atoms with E-state index in [2.05, 4.69) is 0 Å². The van der Waals surface area contributed by atoms with Crippen LogP contribution in [0.15, 0.2) is 59.5 Å². The highest BCUT2D eigenvalue weighted by molar-refractivity contribution is 7.92. The summed E-state index contributed by atoms with van der Waals surface area (Å²) in [6, 6.07) is 14.7. The fraction of sp³-hybridized carbons (Fsp3) is 0.278. The van der Waals surface area contributed by atoms with E-state index in [-0.39, 0.29) is 11.5 Å². The highest BCUT2D eigenvalue weighted by Crippen LogP contribution is 2.56. The minimum Gasteiger partial charge on any atom is -0.465 e. The number of nitrogens with two attached hydrogens (primary N) is 1. The first-order chi connectivity index (χ1) is 11.8. The maximum Gasteiger partial charge on any atom is 0.328 e. The van der Waals surface area contributed by atoms with Gasteiger partial charge in [0.1, 0.15) is 10.8 Å². The van der Waals surface area contributed by atoms with Gasteiger partial charge in [0.15, 0.2) is 9.84 Å². The third-order valence-electron chi connectivity index (χ3n) is 4.44. The molecule has 1 aliphatic rings. The van der Waals surface area contributed by atoms with Crippen LogP contribution in [-0.2, 0) is 19.4 Å². The molecule has 0 unspecified atom stereocenters. The number of rotatable bonds is 5. The molecule has 0 radical (unpaired) electrons. The number of carbonyl (C=O) groups is 1. The van der Waals surface area contributed by atoms with Crippen LogP contribution >= 0.6 is 11.6 Å². The number of esters is 1. The van der Waals surface area contributed by atoms with Crippen molar-refractivity contribution in [3.05, 3.63) is 65.2 Å². The lowest BCUT2D eigenvalue weighted by Gasteiger charge is -2.11. The van der Waals surface area contributed by atoms with E-state index in [0.29, 0.717) is 10.6 Å². The second kappa shape index (κ2) is 6.44. The third kappa shape index (κ3) is 2.94. The molecule has 2 aromatic rings.